The summed E-state index contributed by atoms with van der Waals surface area (Å²) in [6.07, 6.45) is 0.514. The van der Waals surface area contributed by atoms with Gasteiger partial charge in [-0.1, -0.05) is 48.5 Å². The van der Waals surface area contributed by atoms with Crippen LogP contribution in [0.2, 0.25) is 0 Å². The number of aromatic nitrogens is 1. The van der Waals surface area contributed by atoms with Crippen LogP contribution in [0.15, 0.2) is 116 Å². The molecule has 60 heavy (non-hydrogen) atoms. The molecular weight excluding hydrogens is 771 g/mol. The number of benzene rings is 4. The van der Waals surface area contributed by atoms with Gasteiger partial charge in [0.25, 0.3) is 0 Å². The molecule has 0 bridgehead atoms. The number of carbonyl (C=O) groups is 2. The van der Waals surface area contributed by atoms with Crippen molar-refractivity contribution in [3.63, 3.8) is 0 Å². The molecule has 0 radical (unpaired) electrons. The molecule has 2 N–H and O–H groups in total. The fraction of sp³-hybridized carbons (Fsp3) is 0.311. The van der Waals surface area contributed by atoms with E-state index in [-0.39, 0.29) is 26.7 Å². The van der Waals surface area contributed by atoms with Crippen LogP contribution < -0.4 is 39.4 Å². The molecule has 5 rings (SSSR count). The third kappa shape index (κ3) is 14.9. The van der Waals surface area contributed by atoms with Crippen LogP contribution in [0.5, 0.6) is 23.0 Å². The first-order chi connectivity index (χ1) is 29.1. The minimum atomic E-state index is -0.897. The van der Waals surface area contributed by atoms with Gasteiger partial charge in [0, 0.05) is 71.6 Å². The van der Waals surface area contributed by atoms with E-state index in [0.717, 1.165) is 33.6 Å². The second-order valence-corrected chi connectivity index (χ2v) is 13.8. The van der Waals surface area contributed by atoms with Crippen LogP contribution in [-0.2, 0) is 44.9 Å². The summed E-state index contributed by atoms with van der Waals surface area (Å²) < 4.78 is 45.6. The second kappa shape index (κ2) is 23.0. The third-order valence-corrected chi connectivity index (χ3v) is 9.01. The predicted octanol–water partition coefficient (Wildman–Crippen LogP) is 6.93. The van der Waals surface area contributed by atoms with E-state index in [1.807, 2.05) is 135 Å². The Labute approximate surface area is 351 Å². The Hall–Kier alpha value is -6.71. The van der Waals surface area contributed by atoms with Gasteiger partial charge in [0.15, 0.2) is 13.6 Å². The summed E-state index contributed by atoms with van der Waals surface area (Å²) >= 11 is 0. The zero-order valence-electron chi connectivity index (χ0n) is 34.8. The lowest BCUT2D eigenvalue weighted by molar-refractivity contribution is -0.138. The van der Waals surface area contributed by atoms with E-state index in [4.69, 9.17) is 37.9 Å². The Morgan fingerprint density at radius 3 is 1.25 bits per heavy atom. The van der Waals surface area contributed by atoms with E-state index >= 15 is 0 Å². The van der Waals surface area contributed by atoms with Crippen LogP contribution in [0.1, 0.15) is 22.3 Å². The molecule has 4 aromatic carbocycles. The van der Waals surface area contributed by atoms with E-state index in [9.17, 15) is 9.59 Å². The first-order valence-corrected chi connectivity index (χ1v) is 19.2. The Morgan fingerprint density at radius 2 is 0.900 bits per heavy atom. The monoisotopic (exact) mass is 823 g/mol. The lowest BCUT2D eigenvalue weighted by Crippen LogP contribution is -2.29. The zero-order chi connectivity index (χ0) is 42.7. The lowest BCUT2D eigenvalue weighted by Gasteiger charge is -2.22. The van der Waals surface area contributed by atoms with E-state index in [1.54, 1.807) is 20.3 Å². The number of pyridine rings is 1. The molecule has 0 saturated heterocycles. The highest BCUT2D eigenvalue weighted by Gasteiger charge is 2.18. The number of ether oxygens (including phenoxy) is 8. The number of hydrogen-bond donors (Lipinski definition) is 2. The molecule has 318 valence electrons. The van der Waals surface area contributed by atoms with Crippen LogP contribution >= 0.6 is 0 Å². The zero-order valence-corrected chi connectivity index (χ0v) is 34.8. The van der Waals surface area contributed by atoms with Crippen molar-refractivity contribution in [3.8, 4) is 23.0 Å². The average Bonchev–Trinajstić information content (AvgIpc) is 3.25. The van der Waals surface area contributed by atoms with Gasteiger partial charge in [0.1, 0.15) is 23.0 Å². The minimum absolute atomic E-state index is 0.283. The maximum Gasteiger partial charge on any atom is 0.409 e. The molecule has 0 saturated carbocycles. The number of amides is 2. The number of carbonyl (C=O) groups excluding carboxylic acids is 2. The van der Waals surface area contributed by atoms with E-state index in [1.165, 1.54) is 12.4 Å². The molecule has 0 aliphatic carbocycles. The Balaban J connectivity index is 1.20. The van der Waals surface area contributed by atoms with Crippen LogP contribution in [-0.4, -0.2) is 85.7 Å². The quantitative estimate of drug-likeness (QED) is 0.0696. The van der Waals surface area contributed by atoms with Crippen LogP contribution in [0, 0.1) is 0 Å². The molecule has 1 aromatic heterocycles. The normalized spacial score (nSPS) is 11.7. The number of rotatable bonds is 22. The van der Waals surface area contributed by atoms with Crippen molar-refractivity contribution in [1.29, 1.82) is 0 Å². The summed E-state index contributed by atoms with van der Waals surface area (Å²) in [5.41, 5.74) is 5.70. The van der Waals surface area contributed by atoms with Gasteiger partial charge in [-0.3, -0.25) is 4.98 Å². The lowest BCUT2D eigenvalue weighted by atomic mass is 10.1. The summed E-state index contributed by atoms with van der Waals surface area (Å²) in [5.74, 6) is 2.03. The van der Waals surface area contributed by atoms with Crippen LogP contribution in [0.4, 0.5) is 21.0 Å². The molecule has 0 aliphatic rings. The molecule has 0 spiro atoms. The molecule has 2 unspecified atom stereocenters. The molecule has 2 amide bonds. The predicted molar refractivity (Wildman–Crippen MR) is 227 cm³/mol. The number of anilines is 2. The molecule has 5 aromatic rings. The van der Waals surface area contributed by atoms with Crippen molar-refractivity contribution < 1.29 is 47.5 Å². The molecule has 0 aliphatic heterocycles. The first kappa shape index (κ1) is 44.4. The van der Waals surface area contributed by atoms with Crippen molar-refractivity contribution in [3.05, 3.63) is 138 Å². The summed E-state index contributed by atoms with van der Waals surface area (Å²) in [5, 5.41) is 5.47. The van der Waals surface area contributed by atoms with Crippen molar-refractivity contribution >= 4 is 23.6 Å². The van der Waals surface area contributed by atoms with Crippen LogP contribution in [0.3, 0.4) is 0 Å². The maximum absolute atomic E-state index is 12.5. The van der Waals surface area contributed by atoms with Gasteiger partial charge in [0.2, 0.25) is 12.6 Å². The SMILES string of the molecule is COc1ccc(CC(OCOC(=O)NCc2ccc(N(C)C)cc2)Oc2cncc(OC(Cc3ccc(OC)cc3)OCOC(=O)NCc3ccc(N(C)C)cc3)c2)cc1. The highest BCUT2D eigenvalue weighted by atomic mass is 16.8. The fourth-order valence-electron chi connectivity index (χ4n) is 5.61. The largest absolute Gasteiger partial charge is 0.497 e. The average molecular weight is 824 g/mol. The van der Waals surface area contributed by atoms with Gasteiger partial charge in [-0.2, -0.15) is 0 Å². The first-order valence-electron chi connectivity index (χ1n) is 19.2. The molecule has 2 atom stereocenters. The molecule has 15 nitrogen and oxygen atoms in total. The minimum Gasteiger partial charge on any atom is -0.497 e. The van der Waals surface area contributed by atoms with Gasteiger partial charge in [-0.25, -0.2) is 9.59 Å². The number of nitrogens with one attached hydrogen (secondary N) is 2. The standard InChI is InChI=1S/C45H53N5O10/c1-49(2)36-15-7-34(8-16-36)26-47-44(51)57-30-55-42(23-32-11-19-38(53-5)20-12-32)59-40-25-41(29-46-28-40)60-43(24-33-13-21-39(54-6)22-14-33)56-31-58-45(52)48-27-35-9-17-37(18-10-35)50(3)4/h7-22,25,28-29,42-43H,23-24,26-27,30-31H2,1-6H3,(H,47,51)(H,48,52). The molecular formula is C45H53N5O10. The van der Waals surface area contributed by atoms with E-state index < -0.39 is 24.8 Å². The molecule has 1 heterocycles. The van der Waals surface area contributed by atoms with Crippen molar-refractivity contribution in [2.24, 2.45) is 0 Å². The van der Waals surface area contributed by atoms with Gasteiger partial charge in [-0.05, 0) is 70.8 Å². The summed E-state index contributed by atoms with van der Waals surface area (Å²) in [4.78, 5) is 33.4. The van der Waals surface area contributed by atoms with Gasteiger partial charge in [-0.15, -0.1) is 0 Å². The van der Waals surface area contributed by atoms with Gasteiger partial charge in [0.05, 0.1) is 26.6 Å². The number of alkyl carbamates (subject to hydrolysis) is 2. The van der Waals surface area contributed by atoms with E-state index in [2.05, 4.69) is 15.6 Å². The number of methoxy groups -OCH3 is 2. The molecule has 0 fully saturated rings. The van der Waals surface area contributed by atoms with Crippen molar-refractivity contribution in [1.82, 2.24) is 15.6 Å². The fourth-order valence-corrected chi connectivity index (χ4v) is 5.61. The van der Waals surface area contributed by atoms with E-state index in [0.29, 0.717) is 35.8 Å². The maximum atomic E-state index is 12.5. The second-order valence-electron chi connectivity index (χ2n) is 13.8. The van der Waals surface area contributed by atoms with Gasteiger partial charge >= 0.3 is 12.2 Å². The number of hydrogen-bond acceptors (Lipinski definition) is 13. The highest BCUT2D eigenvalue weighted by molar-refractivity contribution is 5.67. The van der Waals surface area contributed by atoms with Gasteiger partial charge < -0.3 is 58.3 Å². The molecule has 15 heteroatoms. The number of nitrogens with zero attached hydrogens (tertiary/aromatic N) is 3. The highest BCUT2D eigenvalue weighted by Crippen LogP contribution is 2.24. The topological polar surface area (TPSA) is 151 Å². The summed E-state index contributed by atoms with van der Waals surface area (Å²) in [6.45, 7) is -0.203. The Kier molecular flexibility index (Phi) is 17.0. The summed E-state index contributed by atoms with van der Waals surface area (Å²) in [7, 11) is 11.0. The van der Waals surface area contributed by atoms with Crippen LogP contribution in [0.25, 0.3) is 0 Å². The Bertz CT molecular complexity index is 1900. The van der Waals surface area contributed by atoms with Crippen molar-refractivity contribution in [2.75, 3.05) is 65.8 Å². The van der Waals surface area contributed by atoms with Crippen molar-refractivity contribution in [2.45, 2.75) is 38.5 Å². The summed E-state index contributed by atoms with van der Waals surface area (Å²) in [6, 6.07) is 32.1. The third-order valence-electron chi connectivity index (χ3n) is 9.01. The Morgan fingerprint density at radius 1 is 0.533 bits per heavy atom. The smallest absolute Gasteiger partial charge is 0.409 e.